The number of amides is 1. The van der Waals surface area contributed by atoms with Gasteiger partial charge < -0.3 is 10.0 Å². The first-order valence-electron chi connectivity index (χ1n) is 4.11. The molecule has 0 aromatic rings. The number of carbonyl (C=O) groups is 1. The third-order valence-corrected chi connectivity index (χ3v) is 1.53. The van der Waals surface area contributed by atoms with Crippen LogP contribution in [0.25, 0.3) is 0 Å². The summed E-state index contributed by atoms with van der Waals surface area (Å²) in [6.07, 6.45) is 2.44. The number of allylic oxidation sites excluding steroid dienone is 1. The van der Waals surface area contributed by atoms with Gasteiger partial charge in [-0.1, -0.05) is 6.08 Å². The Morgan fingerprint density at radius 1 is 1.75 bits per heavy atom. The summed E-state index contributed by atoms with van der Waals surface area (Å²) in [7, 11) is 1.69. The number of rotatable bonds is 5. The summed E-state index contributed by atoms with van der Waals surface area (Å²) in [5.41, 5.74) is 0. The molecule has 0 heterocycles. The van der Waals surface area contributed by atoms with Crippen LogP contribution in [0.2, 0.25) is 0 Å². The number of aliphatic hydroxyl groups excluding tert-OH is 1. The summed E-state index contributed by atoms with van der Waals surface area (Å²) in [5, 5.41) is 8.98. The smallest absolute Gasteiger partial charge is 0.222 e. The molecule has 0 aromatic heterocycles. The third-order valence-electron chi connectivity index (χ3n) is 1.53. The average Bonchev–Trinajstić information content (AvgIpc) is 1.98. The highest BCUT2D eigenvalue weighted by atomic mass is 16.3. The van der Waals surface area contributed by atoms with Gasteiger partial charge >= 0.3 is 0 Å². The number of nitrogens with zero attached hydrogens (tertiary/aromatic N) is 1. The van der Waals surface area contributed by atoms with Crippen molar-refractivity contribution in [3.8, 4) is 0 Å². The normalized spacial score (nSPS) is 12.2. The predicted molar refractivity (Wildman–Crippen MR) is 48.7 cm³/mol. The highest BCUT2D eigenvalue weighted by molar-refractivity contribution is 5.75. The van der Waals surface area contributed by atoms with E-state index in [2.05, 4.69) is 6.58 Å². The molecule has 1 N–H and O–H groups in total. The number of hydrogen-bond donors (Lipinski definition) is 1. The third kappa shape index (κ3) is 4.91. The average molecular weight is 171 g/mol. The maximum Gasteiger partial charge on any atom is 0.222 e. The van der Waals surface area contributed by atoms with Crippen molar-refractivity contribution < 1.29 is 9.90 Å². The molecule has 0 bridgehead atoms. The van der Waals surface area contributed by atoms with Gasteiger partial charge in [0.2, 0.25) is 5.91 Å². The first-order valence-corrected chi connectivity index (χ1v) is 4.11. The zero-order valence-electron chi connectivity index (χ0n) is 7.79. The van der Waals surface area contributed by atoms with Gasteiger partial charge in [-0.25, -0.2) is 0 Å². The van der Waals surface area contributed by atoms with E-state index in [1.807, 2.05) is 0 Å². The molecule has 0 spiro atoms. The maximum absolute atomic E-state index is 11.2. The van der Waals surface area contributed by atoms with Crippen LogP contribution in [-0.2, 0) is 4.79 Å². The summed E-state index contributed by atoms with van der Waals surface area (Å²) in [6, 6.07) is 0. The van der Waals surface area contributed by atoms with Crippen molar-refractivity contribution in [3.63, 3.8) is 0 Å². The lowest BCUT2D eigenvalue weighted by atomic mass is 10.2. The second kappa shape index (κ2) is 5.77. The van der Waals surface area contributed by atoms with Gasteiger partial charge in [-0.05, 0) is 13.3 Å². The summed E-state index contributed by atoms with van der Waals surface area (Å²) >= 11 is 0. The molecule has 1 amide bonds. The lowest BCUT2D eigenvalue weighted by Gasteiger charge is -2.18. The fraction of sp³-hybridized carbons (Fsp3) is 0.667. The Labute approximate surface area is 73.7 Å². The van der Waals surface area contributed by atoms with Crippen molar-refractivity contribution in [2.45, 2.75) is 25.9 Å². The Hall–Kier alpha value is -0.830. The summed E-state index contributed by atoms with van der Waals surface area (Å²) in [4.78, 5) is 12.7. The number of aliphatic hydroxyl groups is 1. The van der Waals surface area contributed by atoms with Gasteiger partial charge in [-0.3, -0.25) is 4.79 Å². The van der Waals surface area contributed by atoms with E-state index in [1.165, 1.54) is 4.90 Å². The van der Waals surface area contributed by atoms with Crippen LogP contribution in [-0.4, -0.2) is 35.6 Å². The standard InChI is InChI=1S/C9H17NO2/c1-4-5-6-9(12)10(3)7-8(2)11/h4,8,11H,1,5-7H2,2-3H3. The topological polar surface area (TPSA) is 40.5 Å². The largest absolute Gasteiger partial charge is 0.392 e. The molecule has 0 rings (SSSR count). The molecule has 12 heavy (non-hydrogen) atoms. The minimum Gasteiger partial charge on any atom is -0.392 e. The molecule has 0 radical (unpaired) electrons. The second-order valence-electron chi connectivity index (χ2n) is 2.95. The van der Waals surface area contributed by atoms with Gasteiger partial charge in [0.15, 0.2) is 0 Å². The first-order chi connectivity index (χ1) is 5.57. The summed E-state index contributed by atoms with van der Waals surface area (Å²) in [5.74, 6) is 0.0517. The lowest BCUT2D eigenvalue weighted by Crippen LogP contribution is -2.32. The van der Waals surface area contributed by atoms with Crippen LogP contribution in [0.4, 0.5) is 0 Å². The number of likely N-dealkylation sites (N-methyl/N-ethyl adjacent to an activating group) is 1. The van der Waals surface area contributed by atoms with E-state index in [0.29, 0.717) is 19.4 Å². The van der Waals surface area contributed by atoms with Crippen LogP contribution in [0.15, 0.2) is 12.7 Å². The molecule has 0 aliphatic heterocycles. The van der Waals surface area contributed by atoms with Crippen LogP contribution in [0.5, 0.6) is 0 Å². The van der Waals surface area contributed by atoms with Crippen molar-refractivity contribution in [2.75, 3.05) is 13.6 Å². The first kappa shape index (κ1) is 11.2. The van der Waals surface area contributed by atoms with Gasteiger partial charge in [0.1, 0.15) is 0 Å². The van der Waals surface area contributed by atoms with Crippen molar-refractivity contribution in [1.82, 2.24) is 4.90 Å². The van der Waals surface area contributed by atoms with Gasteiger partial charge in [0.25, 0.3) is 0 Å². The van der Waals surface area contributed by atoms with Crippen molar-refractivity contribution in [1.29, 1.82) is 0 Å². The van der Waals surface area contributed by atoms with E-state index in [1.54, 1.807) is 20.0 Å². The molecule has 1 atom stereocenters. The fourth-order valence-corrected chi connectivity index (χ4v) is 0.915. The Kier molecular flexibility index (Phi) is 5.37. The Morgan fingerprint density at radius 3 is 2.75 bits per heavy atom. The van der Waals surface area contributed by atoms with Gasteiger partial charge in [-0.2, -0.15) is 0 Å². The van der Waals surface area contributed by atoms with E-state index in [9.17, 15) is 4.79 Å². The summed E-state index contributed by atoms with van der Waals surface area (Å²) < 4.78 is 0. The summed E-state index contributed by atoms with van der Waals surface area (Å²) in [6.45, 7) is 5.60. The van der Waals surface area contributed by atoms with Crippen LogP contribution in [0.3, 0.4) is 0 Å². The van der Waals surface area contributed by atoms with E-state index in [-0.39, 0.29) is 5.91 Å². The Bertz CT molecular complexity index is 155. The zero-order chi connectivity index (χ0) is 9.56. The number of hydrogen-bond acceptors (Lipinski definition) is 2. The molecule has 0 aliphatic rings. The minimum absolute atomic E-state index is 0.0517. The van der Waals surface area contributed by atoms with Crippen molar-refractivity contribution >= 4 is 5.91 Å². The van der Waals surface area contributed by atoms with E-state index < -0.39 is 6.10 Å². The minimum atomic E-state index is -0.456. The predicted octanol–water partition coefficient (Wildman–Crippen LogP) is 0.792. The fourth-order valence-electron chi connectivity index (χ4n) is 0.915. The Morgan fingerprint density at radius 2 is 2.33 bits per heavy atom. The highest BCUT2D eigenvalue weighted by Gasteiger charge is 2.08. The van der Waals surface area contributed by atoms with Crippen molar-refractivity contribution in [3.05, 3.63) is 12.7 Å². The van der Waals surface area contributed by atoms with Crippen LogP contribution in [0, 0.1) is 0 Å². The maximum atomic E-state index is 11.2. The molecule has 1 unspecified atom stereocenters. The molecule has 0 fully saturated rings. The van der Waals surface area contributed by atoms with Crippen molar-refractivity contribution in [2.24, 2.45) is 0 Å². The van der Waals surface area contributed by atoms with E-state index in [0.717, 1.165) is 0 Å². The van der Waals surface area contributed by atoms with E-state index >= 15 is 0 Å². The number of carbonyl (C=O) groups excluding carboxylic acids is 1. The Balaban J connectivity index is 3.68. The van der Waals surface area contributed by atoms with Crippen LogP contribution < -0.4 is 0 Å². The zero-order valence-corrected chi connectivity index (χ0v) is 7.79. The molecular weight excluding hydrogens is 154 g/mol. The van der Waals surface area contributed by atoms with Crippen LogP contribution >= 0.6 is 0 Å². The van der Waals surface area contributed by atoms with Crippen LogP contribution in [0.1, 0.15) is 19.8 Å². The molecule has 0 aromatic carbocycles. The van der Waals surface area contributed by atoms with E-state index in [4.69, 9.17) is 5.11 Å². The van der Waals surface area contributed by atoms with Gasteiger partial charge in [0.05, 0.1) is 6.10 Å². The second-order valence-corrected chi connectivity index (χ2v) is 2.95. The monoisotopic (exact) mass is 171 g/mol. The molecule has 0 saturated carbocycles. The lowest BCUT2D eigenvalue weighted by molar-refractivity contribution is -0.130. The van der Waals surface area contributed by atoms with Gasteiger partial charge in [0, 0.05) is 20.0 Å². The molecule has 3 heteroatoms. The molecular formula is C9H17NO2. The molecule has 3 nitrogen and oxygen atoms in total. The molecule has 0 saturated heterocycles. The SMILES string of the molecule is C=CCCC(=O)N(C)CC(C)O. The molecule has 0 aliphatic carbocycles. The molecule has 70 valence electrons. The highest BCUT2D eigenvalue weighted by Crippen LogP contribution is 1.97. The quantitative estimate of drug-likeness (QED) is 0.621. The van der Waals surface area contributed by atoms with Gasteiger partial charge in [-0.15, -0.1) is 6.58 Å².